The molecule has 2 rings (SSSR count). The van der Waals surface area contributed by atoms with Crippen molar-refractivity contribution in [1.82, 2.24) is 5.32 Å². The summed E-state index contributed by atoms with van der Waals surface area (Å²) in [5.74, 6) is 0.335. The molecule has 0 heterocycles. The smallest absolute Gasteiger partial charge is 0.142 e. The Labute approximate surface area is 129 Å². The van der Waals surface area contributed by atoms with Crippen LogP contribution in [0.2, 0.25) is 5.02 Å². The highest BCUT2D eigenvalue weighted by Crippen LogP contribution is 2.22. The van der Waals surface area contributed by atoms with Gasteiger partial charge in [0, 0.05) is 12.1 Å². The Morgan fingerprint density at radius 2 is 2.00 bits per heavy atom. The first-order valence-corrected chi connectivity index (χ1v) is 7.44. The molecule has 2 aromatic rings. The molecule has 2 aromatic carbocycles. The lowest BCUT2D eigenvalue weighted by Crippen LogP contribution is -2.13. The van der Waals surface area contributed by atoms with E-state index in [0.717, 1.165) is 30.8 Å². The van der Waals surface area contributed by atoms with E-state index >= 15 is 0 Å². The number of hydrogen-bond donors (Lipinski definition) is 1. The normalized spacial score (nSPS) is 10.6. The molecule has 21 heavy (non-hydrogen) atoms. The van der Waals surface area contributed by atoms with E-state index in [1.165, 1.54) is 6.07 Å². The molecule has 0 spiro atoms. The fraction of sp³-hybridized carbons (Fsp3) is 0.294. The molecule has 2 nitrogen and oxygen atoms in total. The van der Waals surface area contributed by atoms with Crippen LogP contribution in [0.4, 0.5) is 4.39 Å². The molecule has 0 atom stereocenters. The first kappa shape index (κ1) is 15.8. The molecule has 0 saturated carbocycles. The van der Waals surface area contributed by atoms with Gasteiger partial charge in [-0.05, 0) is 36.7 Å². The van der Waals surface area contributed by atoms with E-state index in [-0.39, 0.29) is 11.6 Å². The topological polar surface area (TPSA) is 21.3 Å². The van der Waals surface area contributed by atoms with Crippen molar-refractivity contribution in [2.24, 2.45) is 0 Å². The Hall–Kier alpha value is -1.58. The average Bonchev–Trinajstić information content (AvgIpc) is 2.50. The number of halogens is 2. The van der Waals surface area contributed by atoms with Crippen LogP contribution in [-0.4, -0.2) is 6.54 Å². The second-order valence-corrected chi connectivity index (χ2v) is 5.20. The van der Waals surface area contributed by atoms with Gasteiger partial charge in [0.1, 0.15) is 18.2 Å². The largest absolute Gasteiger partial charge is 0.489 e. The summed E-state index contributed by atoms with van der Waals surface area (Å²) in [7, 11) is 0. The molecule has 0 bridgehead atoms. The Morgan fingerprint density at radius 3 is 2.81 bits per heavy atom. The van der Waals surface area contributed by atoms with Gasteiger partial charge in [-0.25, -0.2) is 4.39 Å². The van der Waals surface area contributed by atoms with Crippen LogP contribution in [-0.2, 0) is 13.2 Å². The standard InChI is InChI=1S/C17H19ClFNO/c1-2-9-20-11-13-5-3-7-15(10-13)21-12-14-6-4-8-16(19)17(14)18/h3-8,10,20H,2,9,11-12H2,1H3. The van der Waals surface area contributed by atoms with Gasteiger partial charge in [0.05, 0.1) is 5.02 Å². The quantitative estimate of drug-likeness (QED) is 0.757. The van der Waals surface area contributed by atoms with Crippen molar-refractivity contribution in [2.45, 2.75) is 26.5 Å². The van der Waals surface area contributed by atoms with Gasteiger partial charge in [-0.3, -0.25) is 0 Å². The maximum absolute atomic E-state index is 13.3. The molecule has 0 aliphatic rings. The van der Waals surface area contributed by atoms with E-state index in [1.54, 1.807) is 12.1 Å². The van der Waals surface area contributed by atoms with Gasteiger partial charge in [0.15, 0.2) is 0 Å². The number of rotatable bonds is 7. The molecule has 0 saturated heterocycles. The van der Waals surface area contributed by atoms with Crippen LogP contribution in [0, 0.1) is 5.82 Å². The fourth-order valence-electron chi connectivity index (χ4n) is 1.98. The molecule has 0 aromatic heterocycles. The van der Waals surface area contributed by atoms with Gasteiger partial charge in [-0.2, -0.15) is 0 Å². The van der Waals surface area contributed by atoms with E-state index in [0.29, 0.717) is 5.56 Å². The summed E-state index contributed by atoms with van der Waals surface area (Å²) in [5.41, 5.74) is 1.80. The van der Waals surface area contributed by atoms with Crippen molar-refractivity contribution in [3.8, 4) is 5.75 Å². The average molecular weight is 308 g/mol. The van der Waals surface area contributed by atoms with Crippen molar-refractivity contribution in [1.29, 1.82) is 0 Å². The minimum Gasteiger partial charge on any atom is -0.489 e. The maximum atomic E-state index is 13.3. The number of nitrogens with one attached hydrogen (secondary N) is 1. The third-order valence-electron chi connectivity index (χ3n) is 3.08. The summed E-state index contributed by atoms with van der Waals surface area (Å²) in [6, 6.07) is 12.6. The van der Waals surface area contributed by atoms with Gasteiger partial charge >= 0.3 is 0 Å². The monoisotopic (exact) mass is 307 g/mol. The summed E-state index contributed by atoms with van der Waals surface area (Å²) >= 11 is 5.91. The Morgan fingerprint density at radius 1 is 1.19 bits per heavy atom. The van der Waals surface area contributed by atoms with Crippen molar-refractivity contribution in [2.75, 3.05) is 6.54 Å². The van der Waals surface area contributed by atoms with E-state index in [9.17, 15) is 4.39 Å². The lowest BCUT2D eigenvalue weighted by Gasteiger charge is -2.10. The summed E-state index contributed by atoms with van der Waals surface area (Å²) in [5, 5.41) is 3.47. The highest BCUT2D eigenvalue weighted by molar-refractivity contribution is 6.31. The van der Waals surface area contributed by atoms with Gasteiger partial charge in [-0.15, -0.1) is 0 Å². The summed E-state index contributed by atoms with van der Waals surface area (Å²) in [6.45, 7) is 4.19. The lowest BCUT2D eigenvalue weighted by atomic mass is 10.2. The number of hydrogen-bond acceptors (Lipinski definition) is 2. The molecule has 0 fully saturated rings. The predicted molar refractivity (Wildman–Crippen MR) is 84.2 cm³/mol. The van der Waals surface area contributed by atoms with Crippen LogP contribution in [0.25, 0.3) is 0 Å². The Kier molecular flexibility index (Phi) is 6.03. The molecule has 0 aliphatic carbocycles. The van der Waals surface area contributed by atoms with Crippen molar-refractivity contribution >= 4 is 11.6 Å². The van der Waals surface area contributed by atoms with Gasteiger partial charge in [0.25, 0.3) is 0 Å². The number of ether oxygens (including phenoxy) is 1. The Balaban J connectivity index is 1.96. The van der Waals surface area contributed by atoms with E-state index in [1.807, 2.05) is 24.3 Å². The van der Waals surface area contributed by atoms with Crippen molar-refractivity contribution in [3.63, 3.8) is 0 Å². The Bertz CT molecular complexity index is 589. The van der Waals surface area contributed by atoms with Crippen LogP contribution in [0.1, 0.15) is 24.5 Å². The van der Waals surface area contributed by atoms with Crippen LogP contribution in [0.5, 0.6) is 5.75 Å². The lowest BCUT2D eigenvalue weighted by molar-refractivity contribution is 0.305. The minimum atomic E-state index is -0.421. The molecule has 0 aliphatic heterocycles. The SMILES string of the molecule is CCCNCc1cccc(OCc2cccc(F)c2Cl)c1. The molecule has 0 radical (unpaired) electrons. The summed E-state index contributed by atoms with van der Waals surface area (Å²) < 4.78 is 19.0. The zero-order valence-corrected chi connectivity index (χ0v) is 12.8. The third-order valence-corrected chi connectivity index (χ3v) is 3.50. The highest BCUT2D eigenvalue weighted by Gasteiger charge is 2.06. The van der Waals surface area contributed by atoms with E-state index < -0.39 is 5.82 Å². The minimum absolute atomic E-state index is 0.123. The zero-order chi connectivity index (χ0) is 15.1. The summed E-state index contributed by atoms with van der Waals surface area (Å²) in [4.78, 5) is 0. The number of benzene rings is 2. The molecule has 4 heteroatoms. The molecule has 112 valence electrons. The molecule has 0 unspecified atom stereocenters. The molecule has 1 N–H and O–H groups in total. The third kappa shape index (κ3) is 4.73. The van der Waals surface area contributed by atoms with E-state index in [4.69, 9.17) is 16.3 Å². The fourth-order valence-corrected chi connectivity index (χ4v) is 2.16. The predicted octanol–water partition coefficient (Wildman–Crippen LogP) is 4.56. The van der Waals surface area contributed by atoms with Crippen LogP contribution in [0.3, 0.4) is 0 Å². The van der Waals surface area contributed by atoms with Gasteiger partial charge < -0.3 is 10.1 Å². The van der Waals surface area contributed by atoms with Crippen LogP contribution in [0.15, 0.2) is 42.5 Å². The second-order valence-electron chi connectivity index (χ2n) is 4.83. The molecule has 0 amide bonds. The summed E-state index contributed by atoms with van der Waals surface area (Å²) in [6.07, 6.45) is 1.11. The molecular formula is C17H19ClFNO. The maximum Gasteiger partial charge on any atom is 0.142 e. The highest BCUT2D eigenvalue weighted by atomic mass is 35.5. The zero-order valence-electron chi connectivity index (χ0n) is 12.0. The van der Waals surface area contributed by atoms with Crippen LogP contribution < -0.4 is 10.1 Å². The van der Waals surface area contributed by atoms with Crippen LogP contribution >= 0.6 is 11.6 Å². The van der Waals surface area contributed by atoms with Crippen molar-refractivity contribution < 1.29 is 9.13 Å². The van der Waals surface area contributed by atoms with Gasteiger partial charge in [0.2, 0.25) is 0 Å². The first-order valence-electron chi connectivity index (χ1n) is 7.06. The molecular weight excluding hydrogens is 289 g/mol. The van der Waals surface area contributed by atoms with E-state index in [2.05, 4.69) is 12.2 Å². The van der Waals surface area contributed by atoms with Gasteiger partial charge in [-0.1, -0.05) is 42.8 Å². The first-order chi connectivity index (χ1) is 10.2. The van der Waals surface area contributed by atoms with Crippen molar-refractivity contribution in [3.05, 3.63) is 64.4 Å². The second kappa shape index (κ2) is 8.01.